The lowest BCUT2D eigenvalue weighted by molar-refractivity contribution is -0.109. The molecule has 3 aromatic carbocycles. The SMILES string of the molecule is Cc1c(C)n(Cc2ccc(C3(C=O)CC3)cc2)c2ccc(C(=O)N[C@@H](C)c3cccc(Br)c3)cc12. The fraction of sp³-hybridized carbons (Fsp3) is 0.267. The van der Waals surface area contributed by atoms with Crippen LogP contribution in [0.2, 0.25) is 0 Å². The second-order valence-electron chi connectivity index (χ2n) is 9.75. The molecule has 1 saturated carbocycles. The fourth-order valence-corrected chi connectivity index (χ4v) is 5.28. The lowest BCUT2D eigenvalue weighted by atomic mass is 9.97. The smallest absolute Gasteiger partial charge is 0.251 e. The lowest BCUT2D eigenvalue weighted by Gasteiger charge is -2.15. The van der Waals surface area contributed by atoms with E-state index in [1.807, 2.05) is 49.4 Å². The van der Waals surface area contributed by atoms with Gasteiger partial charge in [0.1, 0.15) is 6.29 Å². The minimum Gasteiger partial charge on any atom is -0.346 e. The third-order valence-corrected chi connectivity index (χ3v) is 7.97. The summed E-state index contributed by atoms with van der Waals surface area (Å²) in [4.78, 5) is 24.5. The molecule has 0 radical (unpaired) electrons. The quantitative estimate of drug-likeness (QED) is 0.268. The topological polar surface area (TPSA) is 51.1 Å². The van der Waals surface area contributed by atoms with Gasteiger partial charge in [-0.3, -0.25) is 4.79 Å². The van der Waals surface area contributed by atoms with E-state index in [-0.39, 0.29) is 17.4 Å². The predicted molar refractivity (Wildman–Crippen MR) is 144 cm³/mol. The molecule has 1 heterocycles. The van der Waals surface area contributed by atoms with Gasteiger partial charge in [-0.2, -0.15) is 0 Å². The van der Waals surface area contributed by atoms with Crippen molar-refractivity contribution in [2.75, 3.05) is 0 Å². The summed E-state index contributed by atoms with van der Waals surface area (Å²) in [6, 6.07) is 22.3. The number of hydrogen-bond donors (Lipinski definition) is 1. The first-order valence-electron chi connectivity index (χ1n) is 12.0. The zero-order chi connectivity index (χ0) is 24.7. The first kappa shape index (κ1) is 23.6. The molecule has 35 heavy (non-hydrogen) atoms. The van der Waals surface area contributed by atoms with Gasteiger partial charge in [0.15, 0.2) is 0 Å². The second-order valence-corrected chi connectivity index (χ2v) is 10.7. The summed E-state index contributed by atoms with van der Waals surface area (Å²) >= 11 is 3.50. The number of hydrogen-bond acceptors (Lipinski definition) is 2. The number of halogens is 1. The molecule has 0 spiro atoms. The zero-order valence-electron chi connectivity index (χ0n) is 20.3. The molecule has 0 unspecified atom stereocenters. The summed E-state index contributed by atoms with van der Waals surface area (Å²) in [5.74, 6) is -0.0797. The molecule has 178 valence electrons. The highest BCUT2D eigenvalue weighted by Crippen LogP contribution is 2.46. The summed E-state index contributed by atoms with van der Waals surface area (Å²) in [7, 11) is 0. The monoisotopic (exact) mass is 528 g/mol. The van der Waals surface area contributed by atoms with Crippen LogP contribution in [0.1, 0.15) is 64.1 Å². The van der Waals surface area contributed by atoms with E-state index in [9.17, 15) is 9.59 Å². The number of amides is 1. The van der Waals surface area contributed by atoms with Crippen molar-refractivity contribution in [3.63, 3.8) is 0 Å². The number of carbonyl (C=O) groups is 2. The molecule has 5 heteroatoms. The Balaban J connectivity index is 1.38. The zero-order valence-corrected chi connectivity index (χ0v) is 21.9. The Kier molecular flexibility index (Phi) is 6.14. The lowest BCUT2D eigenvalue weighted by Crippen LogP contribution is -2.26. The van der Waals surface area contributed by atoms with Crippen LogP contribution in [0.3, 0.4) is 0 Å². The fourth-order valence-electron chi connectivity index (χ4n) is 4.87. The average Bonchev–Trinajstić information content (AvgIpc) is 3.64. The Labute approximate surface area is 214 Å². The van der Waals surface area contributed by atoms with E-state index in [1.165, 1.54) is 16.8 Å². The van der Waals surface area contributed by atoms with Gasteiger partial charge in [-0.15, -0.1) is 0 Å². The Morgan fingerprint density at radius 3 is 2.49 bits per heavy atom. The number of aryl methyl sites for hydroxylation is 1. The highest BCUT2D eigenvalue weighted by Gasteiger charge is 2.44. The van der Waals surface area contributed by atoms with E-state index in [2.05, 4.69) is 63.9 Å². The van der Waals surface area contributed by atoms with Crippen molar-refractivity contribution in [1.82, 2.24) is 9.88 Å². The van der Waals surface area contributed by atoms with Crippen molar-refractivity contribution in [2.24, 2.45) is 0 Å². The molecule has 0 aliphatic heterocycles. The number of nitrogens with one attached hydrogen (secondary N) is 1. The van der Waals surface area contributed by atoms with Gasteiger partial charge in [0, 0.05) is 33.2 Å². The standard InChI is InChI=1S/C30H29BrN2O2/c1-19-21(3)33(17-22-7-10-25(11-8-22)30(18-34)13-14-30)28-12-9-24(16-27(19)28)29(35)32-20(2)23-5-4-6-26(31)15-23/h4-12,15-16,18,20H,13-14,17H2,1-3H3,(H,32,35)/t20-/m0/s1. The van der Waals surface area contributed by atoms with Gasteiger partial charge >= 0.3 is 0 Å². The number of fused-ring (bicyclic) bond motifs is 1. The highest BCUT2D eigenvalue weighted by molar-refractivity contribution is 9.10. The molecule has 4 aromatic rings. The Bertz CT molecular complexity index is 1430. The Hall–Kier alpha value is -3.18. The van der Waals surface area contributed by atoms with E-state index in [0.717, 1.165) is 52.2 Å². The van der Waals surface area contributed by atoms with Crippen LogP contribution in [0.4, 0.5) is 0 Å². The molecule has 1 aliphatic carbocycles. The van der Waals surface area contributed by atoms with Gasteiger partial charge in [-0.05, 0) is 86.2 Å². The van der Waals surface area contributed by atoms with Gasteiger partial charge in [0.05, 0.1) is 11.5 Å². The number of aldehydes is 1. The first-order chi connectivity index (χ1) is 16.8. The molecular weight excluding hydrogens is 500 g/mol. The van der Waals surface area contributed by atoms with Crippen molar-refractivity contribution in [3.8, 4) is 0 Å². The summed E-state index contributed by atoms with van der Waals surface area (Å²) in [5, 5.41) is 4.22. The molecule has 1 aliphatic rings. The van der Waals surface area contributed by atoms with Crippen molar-refractivity contribution < 1.29 is 9.59 Å². The van der Waals surface area contributed by atoms with Crippen molar-refractivity contribution in [3.05, 3.63) is 105 Å². The number of rotatable bonds is 7. The van der Waals surface area contributed by atoms with Gasteiger partial charge < -0.3 is 14.7 Å². The van der Waals surface area contributed by atoms with E-state index in [4.69, 9.17) is 0 Å². The van der Waals surface area contributed by atoms with E-state index in [0.29, 0.717) is 5.56 Å². The van der Waals surface area contributed by atoms with Crippen LogP contribution in [-0.2, 0) is 16.8 Å². The third kappa shape index (κ3) is 4.45. The van der Waals surface area contributed by atoms with Crippen LogP contribution in [0.25, 0.3) is 10.9 Å². The normalized spacial score (nSPS) is 15.1. The van der Waals surface area contributed by atoms with Crippen LogP contribution in [0, 0.1) is 13.8 Å². The van der Waals surface area contributed by atoms with Gasteiger partial charge in [0.2, 0.25) is 0 Å². The van der Waals surface area contributed by atoms with Gasteiger partial charge in [0.25, 0.3) is 5.91 Å². The van der Waals surface area contributed by atoms with Crippen LogP contribution in [0.5, 0.6) is 0 Å². The molecule has 0 bridgehead atoms. The summed E-state index contributed by atoms with van der Waals surface area (Å²) in [6.45, 7) is 6.99. The molecule has 5 rings (SSSR count). The number of aromatic nitrogens is 1. The third-order valence-electron chi connectivity index (χ3n) is 7.48. The molecular formula is C30H29BrN2O2. The molecule has 0 saturated heterocycles. The first-order valence-corrected chi connectivity index (χ1v) is 12.8. The van der Waals surface area contributed by atoms with Crippen molar-refractivity contribution in [1.29, 1.82) is 0 Å². The van der Waals surface area contributed by atoms with Gasteiger partial charge in [-0.1, -0.05) is 52.3 Å². The summed E-state index contributed by atoms with van der Waals surface area (Å²) < 4.78 is 3.30. The highest BCUT2D eigenvalue weighted by atomic mass is 79.9. The van der Waals surface area contributed by atoms with Crippen LogP contribution in [-0.4, -0.2) is 16.8 Å². The minimum absolute atomic E-state index is 0.0797. The van der Waals surface area contributed by atoms with Crippen LogP contribution in [0.15, 0.2) is 71.2 Å². The van der Waals surface area contributed by atoms with E-state index < -0.39 is 0 Å². The summed E-state index contributed by atoms with van der Waals surface area (Å²) in [5.41, 5.74) is 7.28. The Morgan fingerprint density at radius 1 is 1.09 bits per heavy atom. The largest absolute Gasteiger partial charge is 0.346 e. The van der Waals surface area contributed by atoms with Gasteiger partial charge in [-0.25, -0.2) is 0 Å². The van der Waals surface area contributed by atoms with Crippen LogP contribution >= 0.6 is 15.9 Å². The maximum absolute atomic E-state index is 13.0. The molecule has 1 aromatic heterocycles. The number of carbonyl (C=O) groups excluding carboxylic acids is 2. The second kappa shape index (κ2) is 9.12. The number of nitrogens with zero attached hydrogens (tertiary/aromatic N) is 1. The van der Waals surface area contributed by atoms with E-state index in [1.54, 1.807) is 0 Å². The predicted octanol–water partition coefficient (Wildman–Crippen LogP) is 6.79. The number of benzene rings is 3. The molecule has 1 N–H and O–H groups in total. The van der Waals surface area contributed by atoms with Crippen molar-refractivity contribution >= 4 is 39.0 Å². The molecule has 1 amide bonds. The van der Waals surface area contributed by atoms with Crippen molar-refractivity contribution in [2.45, 2.75) is 51.6 Å². The summed E-state index contributed by atoms with van der Waals surface area (Å²) in [6.07, 6.45) is 3.00. The van der Waals surface area contributed by atoms with E-state index >= 15 is 0 Å². The minimum atomic E-state index is -0.239. The molecule has 4 nitrogen and oxygen atoms in total. The molecule has 1 atom stereocenters. The maximum atomic E-state index is 13.0. The average molecular weight is 529 g/mol. The molecule has 1 fully saturated rings. The van der Waals surface area contributed by atoms with Crippen LogP contribution < -0.4 is 5.32 Å². The Morgan fingerprint density at radius 2 is 1.83 bits per heavy atom. The maximum Gasteiger partial charge on any atom is 0.251 e.